The zero-order valence-corrected chi connectivity index (χ0v) is 17.0. The number of hydrogen-bond donors (Lipinski definition) is 2. The van der Waals surface area contributed by atoms with Gasteiger partial charge >= 0.3 is 6.09 Å². The van der Waals surface area contributed by atoms with Crippen LogP contribution in [0.3, 0.4) is 0 Å². The van der Waals surface area contributed by atoms with Crippen molar-refractivity contribution in [1.29, 1.82) is 0 Å². The first-order valence-electron chi connectivity index (χ1n) is 9.39. The summed E-state index contributed by atoms with van der Waals surface area (Å²) in [5.41, 5.74) is 2.90. The number of nitrogens with one attached hydrogen (secondary N) is 2. The van der Waals surface area contributed by atoms with Gasteiger partial charge in [0.2, 0.25) is 5.91 Å². The average molecular weight is 410 g/mol. The zero-order chi connectivity index (χ0) is 20.5. The summed E-state index contributed by atoms with van der Waals surface area (Å²) < 4.78 is 5.13. The van der Waals surface area contributed by atoms with Crippen LogP contribution in [0.25, 0.3) is 10.4 Å². The summed E-state index contributed by atoms with van der Waals surface area (Å²) in [6.45, 7) is 2.52. The molecule has 0 aliphatic carbocycles. The van der Waals surface area contributed by atoms with Crippen LogP contribution in [0, 0.1) is 6.92 Å². The number of nitrogens with zero attached hydrogens (tertiary/aromatic N) is 1. The fraction of sp³-hybridized carbons (Fsp3) is 0.227. The minimum Gasteiger partial charge on any atom is -0.445 e. The number of ether oxygens (including phenoxy) is 1. The van der Waals surface area contributed by atoms with Gasteiger partial charge in [0.1, 0.15) is 6.61 Å². The molecule has 0 bridgehead atoms. The SMILES string of the molecule is Cc1nc(NC(=O)CCCNC(=O)OCc2ccccc2)sc1-c1ccccc1. The van der Waals surface area contributed by atoms with Crippen LogP contribution in [0.5, 0.6) is 0 Å². The lowest BCUT2D eigenvalue weighted by atomic mass is 10.2. The van der Waals surface area contributed by atoms with Crippen molar-refractivity contribution in [2.45, 2.75) is 26.4 Å². The molecule has 0 saturated heterocycles. The lowest BCUT2D eigenvalue weighted by molar-refractivity contribution is -0.116. The first-order valence-corrected chi connectivity index (χ1v) is 10.2. The highest BCUT2D eigenvalue weighted by Crippen LogP contribution is 2.32. The lowest BCUT2D eigenvalue weighted by Crippen LogP contribution is -2.26. The van der Waals surface area contributed by atoms with Gasteiger partial charge < -0.3 is 15.4 Å². The first-order chi connectivity index (χ1) is 14.1. The van der Waals surface area contributed by atoms with E-state index in [0.717, 1.165) is 21.7 Å². The molecule has 1 heterocycles. The van der Waals surface area contributed by atoms with Gasteiger partial charge in [0.15, 0.2) is 5.13 Å². The van der Waals surface area contributed by atoms with E-state index in [2.05, 4.69) is 15.6 Å². The zero-order valence-electron chi connectivity index (χ0n) is 16.2. The molecule has 1 aromatic heterocycles. The largest absolute Gasteiger partial charge is 0.445 e. The van der Waals surface area contributed by atoms with Crippen molar-refractivity contribution in [2.24, 2.45) is 0 Å². The second kappa shape index (κ2) is 10.4. The van der Waals surface area contributed by atoms with Gasteiger partial charge in [-0.05, 0) is 24.5 Å². The molecule has 0 aliphatic heterocycles. The fourth-order valence-corrected chi connectivity index (χ4v) is 3.69. The van der Waals surface area contributed by atoms with Gasteiger partial charge in [-0.15, -0.1) is 0 Å². The Kier molecular flexibility index (Phi) is 7.35. The Labute approximate surface area is 173 Å². The normalized spacial score (nSPS) is 10.4. The number of aryl methyl sites for hydroxylation is 1. The van der Waals surface area contributed by atoms with Gasteiger partial charge in [0.05, 0.1) is 10.6 Å². The Bertz CT molecular complexity index is 942. The van der Waals surface area contributed by atoms with Gasteiger partial charge in [0, 0.05) is 13.0 Å². The fourth-order valence-electron chi connectivity index (χ4n) is 2.70. The van der Waals surface area contributed by atoms with Crippen molar-refractivity contribution in [2.75, 3.05) is 11.9 Å². The molecule has 7 heteroatoms. The third-order valence-corrected chi connectivity index (χ3v) is 5.26. The summed E-state index contributed by atoms with van der Waals surface area (Å²) in [5.74, 6) is -0.127. The molecule has 6 nitrogen and oxygen atoms in total. The lowest BCUT2D eigenvalue weighted by Gasteiger charge is -2.07. The number of benzene rings is 2. The molecule has 0 unspecified atom stereocenters. The maximum Gasteiger partial charge on any atom is 0.407 e. The molecule has 0 saturated carbocycles. The number of anilines is 1. The Morgan fingerprint density at radius 2 is 1.72 bits per heavy atom. The van der Waals surface area contributed by atoms with Gasteiger partial charge in [-0.2, -0.15) is 0 Å². The highest BCUT2D eigenvalue weighted by Gasteiger charge is 2.12. The topological polar surface area (TPSA) is 80.3 Å². The summed E-state index contributed by atoms with van der Waals surface area (Å²) in [4.78, 5) is 29.3. The van der Waals surface area contributed by atoms with Crippen LogP contribution in [0.1, 0.15) is 24.1 Å². The first kappa shape index (κ1) is 20.5. The second-order valence-electron chi connectivity index (χ2n) is 6.44. The van der Waals surface area contributed by atoms with Crippen LogP contribution in [0.2, 0.25) is 0 Å². The summed E-state index contributed by atoms with van der Waals surface area (Å²) in [7, 11) is 0. The van der Waals surface area contributed by atoms with Crippen molar-refractivity contribution in [1.82, 2.24) is 10.3 Å². The van der Waals surface area contributed by atoms with Crippen molar-refractivity contribution < 1.29 is 14.3 Å². The highest BCUT2D eigenvalue weighted by molar-refractivity contribution is 7.19. The van der Waals surface area contributed by atoms with E-state index in [9.17, 15) is 9.59 Å². The predicted octanol–water partition coefficient (Wildman–Crippen LogP) is 4.76. The minimum atomic E-state index is -0.489. The van der Waals surface area contributed by atoms with Crippen molar-refractivity contribution in [3.63, 3.8) is 0 Å². The molecule has 2 aromatic carbocycles. The minimum absolute atomic E-state index is 0.127. The molecule has 2 amide bonds. The standard InChI is InChI=1S/C22H23N3O3S/c1-16-20(18-11-6-3-7-12-18)29-21(24-16)25-19(26)13-8-14-23-22(27)28-15-17-9-4-2-5-10-17/h2-7,9-12H,8,13-15H2,1H3,(H,23,27)(H,24,25,26). The molecule has 3 aromatic rings. The molecular formula is C22H23N3O3S. The van der Waals surface area contributed by atoms with E-state index in [-0.39, 0.29) is 18.9 Å². The summed E-state index contributed by atoms with van der Waals surface area (Å²) in [6.07, 6.45) is 0.317. The second-order valence-corrected chi connectivity index (χ2v) is 7.44. The number of hydrogen-bond acceptors (Lipinski definition) is 5. The summed E-state index contributed by atoms with van der Waals surface area (Å²) in [5, 5.41) is 6.07. The Balaban J connectivity index is 1.36. The Hall–Kier alpha value is -3.19. The quantitative estimate of drug-likeness (QED) is 0.526. The van der Waals surface area contributed by atoms with Crippen LogP contribution < -0.4 is 10.6 Å². The van der Waals surface area contributed by atoms with E-state index in [4.69, 9.17) is 4.74 Å². The number of alkyl carbamates (subject to hydrolysis) is 1. The molecule has 0 aliphatic rings. The van der Waals surface area contributed by atoms with Gasteiger partial charge in [-0.1, -0.05) is 72.0 Å². The predicted molar refractivity (Wildman–Crippen MR) is 115 cm³/mol. The average Bonchev–Trinajstić information content (AvgIpc) is 3.11. The number of amides is 2. The highest BCUT2D eigenvalue weighted by atomic mass is 32.1. The molecule has 0 fully saturated rings. The molecule has 0 spiro atoms. The van der Waals surface area contributed by atoms with Crippen LogP contribution in [-0.4, -0.2) is 23.5 Å². The molecule has 2 N–H and O–H groups in total. The number of carbonyl (C=O) groups excluding carboxylic acids is 2. The van der Waals surface area contributed by atoms with Crippen molar-refractivity contribution >= 4 is 28.5 Å². The third kappa shape index (κ3) is 6.43. The number of aromatic nitrogens is 1. The molecule has 29 heavy (non-hydrogen) atoms. The van der Waals surface area contributed by atoms with Gasteiger partial charge in [-0.25, -0.2) is 9.78 Å². The van der Waals surface area contributed by atoms with E-state index in [0.29, 0.717) is 18.1 Å². The molecule has 150 valence electrons. The smallest absolute Gasteiger partial charge is 0.407 e. The van der Waals surface area contributed by atoms with E-state index in [1.165, 1.54) is 11.3 Å². The van der Waals surface area contributed by atoms with Gasteiger partial charge in [-0.3, -0.25) is 4.79 Å². The maximum atomic E-state index is 12.1. The maximum absolute atomic E-state index is 12.1. The monoisotopic (exact) mass is 409 g/mol. The number of thiazole rings is 1. The molecule has 3 rings (SSSR count). The molecule has 0 atom stereocenters. The van der Waals surface area contributed by atoms with E-state index in [1.54, 1.807) is 0 Å². The molecule has 0 radical (unpaired) electrons. The van der Waals surface area contributed by atoms with Crippen LogP contribution in [0.4, 0.5) is 9.93 Å². The van der Waals surface area contributed by atoms with Gasteiger partial charge in [0.25, 0.3) is 0 Å². The number of carbonyl (C=O) groups is 2. The third-order valence-electron chi connectivity index (χ3n) is 4.14. The van der Waals surface area contributed by atoms with Crippen LogP contribution in [0.15, 0.2) is 60.7 Å². The van der Waals surface area contributed by atoms with Crippen molar-refractivity contribution in [3.8, 4) is 10.4 Å². The van der Waals surface area contributed by atoms with E-state index in [1.807, 2.05) is 67.6 Å². The summed E-state index contributed by atoms with van der Waals surface area (Å²) >= 11 is 1.46. The Morgan fingerprint density at radius 3 is 2.45 bits per heavy atom. The molecular weight excluding hydrogens is 386 g/mol. The van der Waals surface area contributed by atoms with Crippen LogP contribution >= 0.6 is 11.3 Å². The van der Waals surface area contributed by atoms with Crippen LogP contribution in [-0.2, 0) is 16.1 Å². The van der Waals surface area contributed by atoms with E-state index < -0.39 is 6.09 Å². The van der Waals surface area contributed by atoms with E-state index >= 15 is 0 Å². The number of rotatable bonds is 8. The Morgan fingerprint density at radius 1 is 1.03 bits per heavy atom. The summed E-state index contributed by atoms with van der Waals surface area (Å²) in [6, 6.07) is 19.4. The van der Waals surface area contributed by atoms with Crippen molar-refractivity contribution in [3.05, 3.63) is 71.9 Å².